The molecular weight excluding hydrogens is 450 g/mol. The van der Waals surface area contributed by atoms with Gasteiger partial charge in [0.05, 0.1) is 7.11 Å². The minimum atomic E-state index is -1.58. The number of rotatable bonds is 10. The van der Waals surface area contributed by atoms with Crippen molar-refractivity contribution < 1.29 is 19.7 Å². The lowest BCUT2D eigenvalue weighted by molar-refractivity contribution is -0.143. The molecule has 5 heteroatoms. The van der Waals surface area contributed by atoms with Crippen molar-refractivity contribution in [2.45, 2.75) is 43.1 Å². The molecule has 3 aromatic rings. The molecule has 3 aromatic carbocycles. The number of nitrogens with one attached hydrogen (secondary N) is 1. The number of hydrogen-bond donors (Lipinski definition) is 3. The average molecular weight is 484 g/mol. The number of allylic oxidation sites excluding steroid dienone is 1. The SMILES string of the molecule is COC(=O)C(CC1=CC(O)(Cc2ccccc2)C(O)(Cc2ccccc2)C=C1)NCc1ccccc1. The van der Waals surface area contributed by atoms with Gasteiger partial charge in [-0.25, -0.2) is 0 Å². The van der Waals surface area contributed by atoms with Crippen LogP contribution in [0.3, 0.4) is 0 Å². The lowest BCUT2D eigenvalue weighted by Crippen LogP contribution is -2.56. The molecule has 1 aliphatic rings. The molecule has 0 amide bonds. The smallest absolute Gasteiger partial charge is 0.323 e. The molecule has 0 heterocycles. The van der Waals surface area contributed by atoms with Crippen molar-refractivity contribution in [1.82, 2.24) is 5.32 Å². The number of carbonyl (C=O) groups excluding carboxylic acids is 1. The lowest BCUT2D eigenvalue weighted by atomic mass is 9.70. The number of ether oxygens (including phenoxy) is 1. The van der Waals surface area contributed by atoms with Crippen molar-refractivity contribution >= 4 is 5.97 Å². The first-order valence-corrected chi connectivity index (χ1v) is 12.2. The van der Waals surface area contributed by atoms with E-state index in [4.69, 9.17) is 4.74 Å². The third-order valence-corrected chi connectivity index (χ3v) is 6.70. The Morgan fingerprint density at radius 2 is 1.31 bits per heavy atom. The van der Waals surface area contributed by atoms with E-state index in [-0.39, 0.29) is 18.8 Å². The Balaban J connectivity index is 1.60. The monoisotopic (exact) mass is 483 g/mol. The molecule has 0 aliphatic heterocycles. The first kappa shape index (κ1) is 25.6. The minimum Gasteiger partial charge on any atom is -0.468 e. The summed E-state index contributed by atoms with van der Waals surface area (Å²) in [5.41, 5.74) is 0.536. The van der Waals surface area contributed by atoms with Gasteiger partial charge in [-0.3, -0.25) is 4.79 Å². The highest BCUT2D eigenvalue weighted by Crippen LogP contribution is 2.38. The van der Waals surface area contributed by atoms with Crippen molar-refractivity contribution in [2.75, 3.05) is 7.11 Å². The van der Waals surface area contributed by atoms with E-state index in [0.717, 1.165) is 22.3 Å². The predicted octanol–water partition coefficient (Wildman–Crippen LogP) is 4.15. The Morgan fingerprint density at radius 1 is 0.806 bits per heavy atom. The zero-order valence-corrected chi connectivity index (χ0v) is 20.5. The van der Waals surface area contributed by atoms with E-state index >= 15 is 0 Å². The molecule has 186 valence electrons. The van der Waals surface area contributed by atoms with E-state index in [2.05, 4.69) is 5.32 Å². The van der Waals surface area contributed by atoms with Crippen LogP contribution in [0.25, 0.3) is 0 Å². The molecule has 36 heavy (non-hydrogen) atoms. The van der Waals surface area contributed by atoms with E-state index in [1.54, 1.807) is 12.2 Å². The summed E-state index contributed by atoms with van der Waals surface area (Å²) >= 11 is 0. The molecule has 0 fully saturated rings. The maximum atomic E-state index is 12.6. The summed E-state index contributed by atoms with van der Waals surface area (Å²) in [6.07, 6.45) is 5.99. The van der Waals surface area contributed by atoms with Gasteiger partial charge >= 0.3 is 5.97 Å². The maximum absolute atomic E-state index is 12.6. The van der Waals surface area contributed by atoms with Crippen molar-refractivity contribution in [3.63, 3.8) is 0 Å². The first-order chi connectivity index (χ1) is 17.4. The minimum absolute atomic E-state index is 0.228. The van der Waals surface area contributed by atoms with Gasteiger partial charge in [0.2, 0.25) is 0 Å². The van der Waals surface area contributed by atoms with Crippen molar-refractivity contribution in [3.8, 4) is 0 Å². The van der Waals surface area contributed by atoms with Gasteiger partial charge < -0.3 is 20.3 Å². The normalized spacial score (nSPS) is 22.0. The van der Waals surface area contributed by atoms with Crippen LogP contribution in [0.2, 0.25) is 0 Å². The lowest BCUT2D eigenvalue weighted by Gasteiger charge is -2.43. The highest BCUT2D eigenvalue weighted by atomic mass is 16.5. The summed E-state index contributed by atoms with van der Waals surface area (Å²) in [5.74, 6) is -0.378. The standard InChI is InChI=1S/C31H33NO4/c1-36-29(33)28(32-23-26-15-9-4-10-16-26)19-27-17-18-30(34,20-24-11-5-2-6-12-24)31(35,22-27)21-25-13-7-3-8-14-25/h2-18,22,28,32,34-35H,19-21,23H2,1H3. The fourth-order valence-corrected chi connectivity index (χ4v) is 4.68. The molecule has 3 atom stereocenters. The summed E-state index contributed by atoms with van der Waals surface area (Å²) in [6, 6.07) is 28.5. The van der Waals surface area contributed by atoms with Crippen LogP contribution in [0.4, 0.5) is 0 Å². The van der Waals surface area contributed by atoms with Gasteiger partial charge in [0, 0.05) is 19.4 Å². The fourth-order valence-electron chi connectivity index (χ4n) is 4.68. The Bertz CT molecular complexity index is 1190. The largest absolute Gasteiger partial charge is 0.468 e. The van der Waals surface area contributed by atoms with Crippen LogP contribution in [0, 0.1) is 0 Å². The number of esters is 1. The van der Waals surface area contributed by atoms with Crippen molar-refractivity contribution in [2.24, 2.45) is 0 Å². The topological polar surface area (TPSA) is 78.8 Å². The van der Waals surface area contributed by atoms with Gasteiger partial charge in [-0.15, -0.1) is 0 Å². The first-order valence-electron chi connectivity index (χ1n) is 12.2. The molecule has 0 radical (unpaired) electrons. The zero-order valence-electron chi connectivity index (χ0n) is 20.5. The van der Waals surface area contributed by atoms with Gasteiger partial charge in [0.1, 0.15) is 17.2 Å². The molecule has 0 saturated carbocycles. The molecule has 4 rings (SSSR count). The van der Waals surface area contributed by atoms with Crippen LogP contribution in [0.15, 0.2) is 115 Å². The summed E-state index contributed by atoms with van der Waals surface area (Å²) in [7, 11) is 1.37. The maximum Gasteiger partial charge on any atom is 0.323 e. The second-order valence-corrected chi connectivity index (χ2v) is 9.37. The van der Waals surface area contributed by atoms with Crippen LogP contribution >= 0.6 is 0 Å². The van der Waals surface area contributed by atoms with Gasteiger partial charge in [-0.05, 0) is 40.8 Å². The molecule has 5 nitrogen and oxygen atoms in total. The highest BCUT2D eigenvalue weighted by molar-refractivity contribution is 5.76. The van der Waals surface area contributed by atoms with Gasteiger partial charge in [0.15, 0.2) is 0 Å². The predicted molar refractivity (Wildman–Crippen MR) is 141 cm³/mol. The van der Waals surface area contributed by atoms with Gasteiger partial charge in [0.25, 0.3) is 0 Å². The molecule has 3 N–H and O–H groups in total. The summed E-state index contributed by atoms with van der Waals surface area (Å²) in [5, 5.41) is 27.0. The van der Waals surface area contributed by atoms with E-state index < -0.39 is 17.2 Å². The van der Waals surface area contributed by atoms with Crippen LogP contribution in [-0.2, 0) is 28.9 Å². The van der Waals surface area contributed by atoms with Gasteiger partial charge in [-0.1, -0.05) is 97.1 Å². The van der Waals surface area contributed by atoms with Gasteiger partial charge in [-0.2, -0.15) is 0 Å². The summed E-state index contributed by atoms with van der Waals surface area (Å²) < 4.78 is 5.05. The van der Waals surface area contributed by atoms with Crippen molar-refractivity contribution in [1.29, 1.82) is 0 Å². The second kappa shape index (κ2) is 11.5. The quantitative estimate of drug-likeness (QED) is 0.378. The third kappa shape index (κ3) is 6.18. The number of carbonyl (C=O) groups is 1. The summed E-state index contributed by atoms with van der Waals surface area (Å²) in [6.45, 7) is 0.504. The number of benzene rings is 3. The molecule has 0 aromatic heterocycles. The molecular formula is C31H33NO4. The molecule has 0 spiro atoms. The van der Waals surface area contributed by atoms with E-state index in [0.29, 0.717) is 13.0 Å². The number of methoxy groups -OCH3 is 1. The Labute approximate surface area is 212 Å². The molecule has 3 unspecified atom stereocenters. The van der Waals surface area contributed by atoms with E-state index in [1.807, 2.05) is 97.1 Å². The summed E-state index contributed by atoms with van der Waals surface area (Å²) in [4.78, 5) is 12.6. The van der Waals surface area contributed by atoms with E-state index in [9.17, 15) is 15.0 Å². The van der Waals surface area contributed by atoms with Crippen LogP contribution in [0.5, 0.6) is 0 Å². The van der Waals surface area contributed by atoms with Crippen LogP contribution < -0.4 is 5.32 Å². The molecule has 1 aliphatic carbocycles. The zero-order chi connectivity index (χ0) is 25.4. The van der Waals surface area contributed by atoms with Crippen molar-refractivity contribution in [3.05, 3.63) is 131 Å². The highest BCUT2D eigenvalue weighted by Gasteiger charge is 2.48. The molecule has 0 saturated heterocycles. The number of hydrogen-bond acceptors (Lipinski definition) is 5. The Hall–Kier alpha value is -3.51. The second-order valence-electron chi connectivity index (χ2n) is 9.37. The van der Waals surface area contributed by atoms with E-state index in [1.165, 1.54) is 7.11 Å². The third-order valence-electron chi connectivity index (χ3n) is 6.70. The molecule has 0 bridgehead atoms. The van der Waals surface area contributed by atoms with Crippen LogP contribution in [-0.4, -0.2) is 40.5 Å². The van der Waals surface area contributed by atoms with Crippen LogP contribution in [0.1, 0.15) is 23.1 Å². The Morgan fingerprint density at radius 3 is 1.83 bits per heavy atom. The number of aliphatic hydroxyl groups is 2. The average Bonchev–Trinajstić information content (AvgIpc) is 2.90. The fraction of sp³-hybridized carbons (Fsp3) is 0.258. The Kier molecular flexibility index (Phi) is 8.16.